The van der Waals surface area contributed by atoms with Gasteiger partial charge in [0.15, 0.2) is 0 Å². The van der Waals surface area contributed by atoms with Crippen molar-refractivity contribution >= 4 is 17.4 Å². The summed E-state index contributed by atoms with van der Waals surface area (Å²) in [5.41, 5.74) is 2.29. The van der Waals surface area contributed by atoms with E-state index < -0.39 is 0 Å². The van der Waals surface area contributed by atoms with Gasteiger partial charge in [-0.05, 0) is 12.5 Å². The molecule has 0 bridgehead atoms. The Kier molecular flexibility index (Phi) is 4.57. The lowest BCUT2D eigenvalue weighted by atomic mass is 10.0. The summed E-state index contributed by atoms with van der Waals surface area (Å²) in [7, 11) is 0. The van der Waals surface area contributed by atoms with Crippen LogP contribution < -0.4 is 4.90 Å². The van der Waals surface area contributed by atoms with Gasteiger partial charge in [0.25, 0.3) is 0 Å². The van der Waals surface area contributed by atoms with Crippen LogP contribution >= 0.6 is 11.8 Å². The van der Waals surface area contributed by atoms with Gasteiger partial charge in [-0.2, -0.15) is 11.8 Å². The highest BCUT2D eigenvalue weighted by molar-refractivity contribution is 8.00. The van der Waals surface area contributed by atoms with Gasteiger partial charge in [0.1, 0.15) is 0 Å². The SMILES string of the molecule is CC[C@H](O)c1ccccc1N1CC(C)SC(C)C1. The Morgan fingerprint density at radius 2 is 1.89 bits per heavy atom. The van der Waals surface area contributed by atoms with Crippen LogP contribution in [0, 0.1) is 0 Å². The molecule has 1 aliphatic rings. The maximum atomic E-state index is 10.1. The minimum atomic E-state index is -0.346. The molecule has 1 fully saturated rings. The number of anilines is 1. The molecule has 2 rings (SSSR count). The van der Waals surface area contributed by atoms with E-state index in [0.29, 0.717) is 10.5 Å². The summed E-state index contributed by atoms with van der Waals surface area (Å²) in [5.74, 6) is 0. The van der Waals surface area contributed by atoms with Gasteiger partial charge in [-0.25, -0.2) is 0 Å². The van der Waals surface area contributed by atoms with Gasteiger partial charge < -0.3 is 10.0 Å². The van der Waals surface area contributed by atoms with E-state index in [1.54, 1.807) is 0 Å². The Morgan fingerprint density at radius 1 is 1.28 bits per heavy atom. The molecule has 1 N–H and O–H groups in total. The molecule has 1 heterocycles. The zero-order chi connectivity index (χ0) is 13.1. The maximum absolute atomic E-state index is 10.1. The zero-order valence-electron chi connectivity index (χ0n) is 11.5. The molecule has 1 aromatic rings. The standard InChI is InChI=1S/C15H23NOS/c1-4-15(17)13-7-5-6-8-14(13)16-9-11(2)18-12(3)10-16/h5-8,11-12,15,17H,4,9-10H2,1-3H3/t11?,12?,15-/m0/s1. The molecule has 0 saturated carbocycles. The van der Waals surface area contributed by atoms with E-state index in [1.165, 1.54) is 5.69 Å². The maximum Gasteiger partial charge on any atom is 0.0807 e. The smallest absolute Gasteiger partial charge is 0.0807 e. The third kappa shape index (κ3) is 3.01. The molecule has 1 aromatic carbocycles. The van der Waals surface area contributed by atoms with Crippen LogP contribution in [0.1, 0.15) is 38.9 Å². The van der Waals surface area contributed by atoms with Crippen molar-refractivity contribution in [1.29, 1.82) is 0 Å². The molecular weight excluding hydrogens is 242 g/mol. The molecule has 3 heteroatoms. The molecule has 1 saturated heterocycles. The normalized spacial score (nSPS) is 26.1. The summed E-state index contributed by atoms with van der Waals surface area (Å²) in [4.78, 5) is 2.43. The van der Waals surface area contributed by atoms with Gasteiger partial charge in [0.2, 0.25) is 0 Å². The second kappa shape index (κ2) is 5.98. The highest BCUT2D eigenvalue weighted by Gasteiger charge is 2.24. The highest BCUT2D eigenvalue weighted by Crippen LogP contribution is 2.33. The quantitative estimate of drug-likeness (QED) is 0.905. The topological polar surface area (TPSA) is 23.5 Å². The van der Waals surface area contributed by atoms with E-state index in [1.807, 2.05) is 13.0 Å². The molecule has 100 valence electrons. The minimum absolute atomic E-state index is 0.346. The van der Waals surface area contributed by atoms with E-state index in [0.717, 1.165) is 25.1 Å². The lowest BCUT2D eigenvalue weighted by molar-refractivity contribution is 0.174. The fourth-order valence-corrected chi connectivity index (χ4v) is 3.98. The van der Waals surface area contributed by atoms with Gasteiger partial charge in [-0.1, -0.05) is 39.0 Å². The molecule has 18 heavy (non-hydrogen) atoms. The average molecular weight is 265 g/mol. The van der Waals surface area contributed by atoms with Crippen LogP contribution in [0.5, 0.6) is 0 Å². The third-order valence-corrected chi connectivity index (χ3v) is 4.67. The van der Waals surface area contributed by atoms with Gasteiger partial charge in [0.05, 0.1) is 6.10 Å². The number of benzene rings is 1. The predicted octanol–water partition coefficient (Wildman–Crippen LogP) is 3.46. The van der Waals surface area contributed by atoms with Crippen molar-refractivity contribution in [3.63, 3.8) is 0 Å². The van der Waals surface area contributed by atoms with Crippen LogP contribution in [0.25, 0.3) is 0 Å². The molecular formula is C15H23NOS. The van der Waals surface area contributed by atoms with Crippen molar-refractivity contribution in [1.82, 2.24) is 0 Å². The molecule has 1 aliphatic heterocycles. The van der Waals surface area contributed by atoms with Crippen molar-refractivity contribution in [2.24, 2.45) is 0 Å². The molecule has 0 amide bonds. The number of hydrogen-bond donors (Lipinski definition) is 1. The Morgan fingerprint density at radius 3 is 2.50 bits per heavy atom. The zero-order valence-corrected chi connectivity index (χ0v) is 12.3. The number of para-hydroxylation sites is 1. The van der Waals surface area contributed by atoms with Crippen molar-refractivity contribution < 1.29 is 5.11 Å². The van der Waals surface area contributed by atoms with Gasteiger partial charge in [-0.15, -0.1) is 0 Å². The second-order valence-corrected chi connectivity index (χ2v) is 7.03. The molecule has 0 radical (unpaired) electrons. The van der Waals surface area contributed by atoms with Gasteiger partial charge >= 0.3 is 0 Å². The van der Waals surface area contributed by atoms with E-state index in [2.05, 4.69) is 48.7 Å². The van der Waals surface area contributed by atoms with Crippen molar-refractivity contribution in [2.75, 3.05) is 18.0 Å². The molecule has 0 aliphatic carbocycles. The number of thioether (sulfide) groups is 1. The number of nitrogens with zero attached hydrogens (tertiary/aromatic N) is 1. The lowest BCUT2D eigenvalue weighted by Crippen LogP contribution is -2.41. The first-order chi connectivity index (χ1) is 8.61. The fraction of sp³-hybridized carbons (Fsp3) is 0.600. The lowest BCUT2D eigenvalue weighted by Gasteiger charge is -2.37. The molecule has 2 nitrogen and oxygen atoms in total. The molecule has 0 spiro atoms. The van der Waals surface area contributed by atoms with Crippen molar-refractivity contribution in [3.05, 3.63) is 29.8 Å². The van der Waals surface area contributed by atoms with E-state index >= 15 is 0 Å². The Balaban J connectivity index is 2.26. The van der Waals surface area contributed by atoms with Crippen LogP contribution in [0.3, 0.4) is 0 Å². The predicted molar refractivity (Wildman–Crippen MR) is 80.4 cm³/mol. The van der Waals surface area contributed by atoms with Crippen LogP contribution in [0.4, 0.5) is 5.69 Å². The van der Waals surface area contributed by atoms with E-state index in [-0.39, 0.29) is 6.10 Å². The van der Waals surface area contributed by atoms with Crippen molar-refractivity contribution in [2.45, 2.75) is 43.8 Å². The highest BCUT2D eigenvalue weighted by atomic mass is 32.2. The van der Waals surface area contributed by atoms with Crippen LogP contribution in [0.2, 0.25) is 0 Å². The van der Waals surface area contributed by atoms with Crippen LogP contribution in [0.15, 0.2) is 24.3 Å². The summed E-state index contributed by atoms with van der Waals surface area (Å²) in [5, 5.41) is 11.4. The first kappa shape index (κ1) is 13.8. The molecule has 3 atom stereocenters. The summed E-state index contributed by atoms with van der Waals surface area (Å²) in [6, 6.07) is 8.28. The van der Waals surface area contributed by atoms with E-state index in [9.17, 15) is 5.11 Å². The van der Waals surface area contributed by atoms with Crippen molar-refractivity contribution in [3.8, 4) is 0 Å². The Labute approximate surface area is 114 Å². The van der Waals surface area contributed by atoms with Gasteiger partial charge in [-0.3, -0.25) is 0 Å². The summed E-state index contributed by atoms with van der Waals surface area (Å²) in [6.07, 6.45) is 0.423. The Bertz CT molecular complexity index is 386. The first-order valence-corrected chi connectivity index (χ1v) is 7.73. The largest absolute Gasteiger partial charge is 0.388 e. The molecule has 2 unspecified atom stereocenters. The molecule has 0 aromatic heterocycles. The van der Waals surface area contributed by atoms with Gasteiger partial charge in [0, 0.05) is 34.8 Å². The average Bonchev–Trinajstić information content (AvgIpc) is 2.36. The van der Waals surface area contributed by atoms with Crippen LogP contribution in [-0.4, -0.2) is 28.7 Å². The Hall–Kier alpha value is -0.670. The monoisotopic (exact) mass is 265 g/mol. The second-order valence-electron chi connectivity index (χ2n) is 5.15. The summed E-state index contributed by atoms with van der Waals surface area (Å²) < 4.78 is 0. The van der Waals surface area contributed by atoms with E-state index in [4.69, 9.17) is 0 Å². The van der Waals surface area contributed by atoms with Crippen LogP contribution in [-0.2, 0) is 0 Å². The number of hydrogen-bond acceptors (Lipinski definition) is 3. The number of aliphatic hydroxyl groups is 1. The first-order valence-electron chi connectivity index (χ1n) is 6.79. The summed E-state index contributed by atoms with van der Waals surface area (Å²) >= 11 is 2.06. The summed E-state index contributed by atoms with van der Waals surface area (Å²) in [6.45, 7) is 8.74. The minimum Gasteiger partial charge on any atom is -0.388 e. The fourth-order valence-electron chi connectivity index (χ4n) is 2.65. The number of aliphatic hydroxyl groups excluding tert-OH is 1. The third-order valence-electron chi connectivity index (χ3n) is 3.44. The number of rotatable bonds is 3.